The maximum absolute atomic E-state index is 6.55. The number of ether oxygens (including phenoxy) is 1. The summed E-state index contributed by atoms with van der Waals surface area (Å²) in [6.07, 6.45) is 8.17. The van der Waals surface area contributed by atoms with E-state index in [1.807, 2.05) is 23.1 Å². The van der Waals surface area contributed by atoms with E-state index < -0.39 is 0 Å². The van der Waals surface area contributed by atoms with Gasteiger partial charge in [0.15, 0.2) is 0 Å². The minimum Gasteiger partial charge on any atom is -0.369 e. The van der Waals surface area contributed by atoms with E-state index in [-0.39, 0.29) is 23.2 Å². The van der Waals surface area contributed by atoms with Gasteiger partial charge in [-0.3, -0.25) is 4.98 Å². The SMILES string of the molecule is CC1(C)CC(C(N)c2cnn3ccncc23)C(C)(C)O1. The Bertz CT molecular complexity index is 632. The average molecular weight is 274 g/mol. The van der Waals surface area contributed by atoms with E-state index in [4.69, 9.17) is 10.5 Å². The van der Waals surface area contributed by atoms with Crippen LogP contribution >= 0.6 is 0 Å². The number of rotatable bonds is 2. The minimum atomic E-state index is -0.237. The molecule has 2 atom stereocenters. The molecular formula is C15H22N4O. The fourth-order valence-corrected chi connectivity index (χ4v) is 3.49. The third-order valence-electron chi connectivity index (χ3n) is 4.29. The Kier molecular flexibility index (Phi) is 2.88. The van der Waals surface area contributed by atoms with E-state index in [1.165, 1.54) is 0 Å². The molecule has 0 aliphatic carbocycles. The molecule has 5 heteroatoms. The van der Waals surface area contributed by atoms with Crippen LogP contribution in [-0.2, 0) is 4.74 Å². The highest BCUT2D eigenvalue weighted by Gasteiger charge is 2.48. The molecule has 1 fully saturated rings. The van der Waals surface area contributed by atoms with Crippen molar-refractivity contribution in [3.8, 4) is 0 Å². The monoisotopic (exact) mass is 274 g/mol. The van der Waals surface area contributed by atoms with Crippen LogP contribution in [0.1, 0.15) is 45.7 Å². The van der Waals surface area contributed by atoms with Crippen molar-refractivity contribution in [1.82, 2.24) is 14.6 Å². The molecule has 1 aliphatic rings. The lowest BCUT2D eigenvalue weighted by atomic mass is 9.79. The fraction of sp³-hybridized carbons (Fsp3) is 0.600. The highest BCUT2D eigenvalue weighted by atomic mass is 16.5. The highest BCUT2D eigenvalue weighted by Crippen LogP contribution is 2.47. The van der Waals surface area contributed by atoms with Crippen molar-refractivity contribution in [3.63, 3.8) is 0 Å². The van der Waals surface area contributed by atoms with Gasteiger partial charge in [0.05, 0.1) is 29.1 Å². The van der Waals surface area contributed by atoms with Gasteiger partial charge in [-0.25, -0.2) is 4.52 Å². The normalized spacial score (nSPS) is 25.9. The Morgan fingerprint density at radius 2 is 2.10 bits per heavy atom. The molecule has 2 aromatic rings. The molecule has 2 N–H and O–H groups in total. The van der Waals surface area contributed by atoms with Crippen LogP contribution in [0.4, 0.5) is 0 Å². The van der Waals surface area contributed by atoms with Crippen LogP contribution in [0.5, 0.6) is 0 Å². The van der Waals surface area contributed by atoms with Crippen molar-refractivity contribution in [2.75, 3.05) is 0 Å². The topological polar surface area (TPSA) is 65.4 Å². The molecule has 2 unspecified atom stereocenters. The van der Waals surface area contributed by atoms with Crippen LogP contribution in [0.15, 0.2) is 24.8 Å². The van der Waals surface area contributed by atoms with Gasteiger partial charge in [-0.05, 0) is 34.1 Å². The number of aromatic nitrogens is 3. The molecule has 0 radical (unpaired) electrons. The number of hydrogen-bond acceptors (Lipinski definition) is 4. The van der Waals surface area contributed by atoms with Gasteiger partial charge in [0, 0.05) is 29.9 Å². The lowest BCUT2D eigenvalue weighted by Gasteiger charge is -2.30. The van der Waals surface area contributed by atoms with Crippen molar-refractivity contribution in [1.29, 1.82) is 0 Å². The minimum absolute atomic E-state index is 0.103. The average Bonchev–Trinajstić information content (AvgIpc) is 2.86. The summed E-state index contributed by atoms with van der Waals surface area (Å²) in [6, 6.07) is -0.103. The first kappa shape index (κ1) is 13.5. The molecule has 0 amide bonds. The Morgan fingerprint density at radius 3 is 2.75 bits per heavy atom. The zero-order valence-electron chi connectivity index (χ0n) is 12.5. The molecule has 0 saturated carbocycles. The van der Waals surface area contributed by atoms with Crippen molar-refractivity contribution in [2.45, 2.75) is 51.4 Å². The molecule has 0 bridgehead atoms. The molecule has 0 spiro atoms. The smallest absolute Gasteiger partial charge is 0.0892 e. The zero-order valence-corrected chi connectivity index (χ0v) is 12.5. The van der Waals surface area contributed by atoms with E-state index in [0.717, 1.165) is 17.5 Å². The fourth-order valence-electron chi connectivity index (χ4n) is 3.49. The number of nitrogens with zero attached hydrogens (tertiary/aromatic N) is 3. The molecule has 0 aromatic carbocycles. The summed E-state index contributed by atoms with van der Waals surface area (Å²) in [5, 5.41) is 4.35. The molecular weight excluding hydrogens is 252 g/mol. The molecule has 108 valence electrons. The van der Waals surface area contributed by atoms with Crippen LogP contribution in [0, 0.1) is 5.92 Å². The number of nitrogens with two attached hydrogens (primary N) is 1. The molecule has 1 saturated heterocycles. The van der Waals surface area contributed by atoms with E-state index in [0.29, 0.717) is 0 Å². The van der Waals surface area contributed by atoms with Crippen LogP contribution < -0.4 is 5.73 Å². The largest absolute Gasteiger partial charge is 0.369 e. The van der Waals surface area contributed by atoms with E-state index in [2.05, 4.69) is 37.8 Å². The molecule has 3 rings (SSSR count). The quantitative estimate of drug-likeness (QED) is 0.912. The van der Waals surface area contributed by atoms with Crippen LogP contribution in [0.25, 0.3) is 5.52 Å². The number of fused-ring (bicyclic) bond motifs is 1. The van der Waals surface area contributed by atoms with Gasteiger partial charge >= 0.3 is 0 Å². The van der Waals surface area contributed by atoms with Gasteiger partial charge in [0.25, 0.3) is 0 Å². The van der Waals surface area contributed by atoms with Gasteiger partial charge in [0.1, 0.15) is 0 Å². The second kappa shape index (κ2) is 4.27. The maximum atomic E-state index is 6.55. The molecule has 2 aromatic heterocycles. The summed E-state index contributed by atoms with van der Waals surface area (Å²) in [7, 11) is 0. The summed E-state index contributed by atoms with van der Waals surface area (Å²) in [5.74, 6) is 0.255. The lowest BCUT2D eigenvalue weighted by molar-refractivity contribution is -0.0766. The maximum Gasteiger partial charge on any atom is 0.0892 e. The molecule has 5 nitrogen and oxygen atoms in total. The van der Waals surface area contributed by atoms with Gasteiger partial charge < -0.3 is 10.5 Å². The molecule has 3 heterocycles. The highest BCUT2D eigenvalue weighted by molar-refractivity contribution is 5.53. The van der Waals surface area contributed by atoms with Crippen LogP contribution in [0.3, 0.4) is 0 Å². The molecule has 1 aliphatic heterocycles. The Balaban J connectivity index is 1.98. The van der Waals surface area contributed by atoms with Crippen molar-refractivity contribution < 1.29 is 4.74 Å². The zero-order chi connectivity index (χ0) is 14.5. The van der Waals surface area contributed by atoms with Gasteiger partial charge in [0.2, 0.25) is 0 Å². The summed E-state index contributed by atoms with van der Waals surface area (Å²) >= 11 is 0. The summed E-state index contributed by atoms with van der Waals surface area (Å²) < 4.78 is 7.97. The van der Waals surface area contributed by atoms with E-state index in [1.54, 1.807) is 6.20 Å². The second-order valence-electron chi connectivity index (χ2n) is 6.81. The first-order valence-corrected chi connectivity index (χ1v) is 7.03. The Hall–Kier alpha value is -1.46. The van der Waals surface area contributed by atoms with Gasteiger partial charge in [-0.2, -0.15) is 5.10 Å². The van der Waals surface area contributed by atoms with E-state index >= 15 is 0 Å². The van der Waals surface area contributed by atoms with Crippen molar-refractivity contribution in [2.24, 2.45) is 11.7 Å². The van der Waals surface area contributed by atoms with Crippen LogP contribution in [0.2, 0.25) is 0 Å². The van der Waals surface area contributed by atoms with Crippen molar-refractivity contribution >= 4 is 5.52 Å². The third-order valence-corrected chi connectivity index (χ3v) is 4.29. The third kappa shape index (κ3) is 2.11. The van der Waals surface area contributed by atoms with Crippen LogP contribution in [-0.4, -0.2) is 25.8 Å². The van der Waals surface area contributed by atoms with Gasteiger partial charge in [-0.1, -0.05) is 0 Å². The van der Waals surface area contributed by atoms with Crippen molar-refractivity contribution in [3.05, 3.63) is 30.4 Å². The standard InChI is InChI=1S/C15H22N4O/c1-14(2)7-11(15(3,4)20-14)13(16)10-8-18-19-6-5-17-9-12(10)19/h5-6,8-9,11,13H,7,16H2,1-4H3. The summed E-state index contributed by atoms with van der Waals surface area (Å²) in [5.41, 5.74) is 8.19. The molecule has 20 heavy (non-hydrogen) atoms. The summed E-state index contributed by atoms with van der Waals surface area (Å²) in [4.78, 5) is 4.17. The number of hydrogen-bond donors (Lipinski definition) is 1. The first-order valence-electron chi connectivity index (χ1n) is 7.03. The second-order valence-corrected chi connectivity index (χ2v) is 6.81. The predicted octanol–water partition coefficient (Wildman–Crippen LogP) is 2.32. The predicted molar refractivity (Wildman–Crippen MR) is 77.3 cm³/mol. The Morgan fingerprint density at radius 1 is 1.35 bits per heavy atom. The summed E-state index contributed by atoms with van der Waals surface area (Å²) in [6.45, 7) is 8.49. The Labute approximate surface area is 119 Å². The lowest BCUT2D eigenvalue weighted by Crippen LogP contribution is -2.35. The van der Waals surface area contributed by atoms with Gasteiger partial charge in [-0.15, -0.1) is 0 Å². The first-order chi connectivity index (χ1) is 9.30. The van der Waals surface area contributed by atoms with E-state index in [9.17, 15) is 0 Å².